The molecule has 0 aliphatic carbocycles. The van der Waals surface area contributed by atoms with Crippen molar-refractivity contribution in [1.29, 1.82) is 0 Å². The molecule has 0 aromatic carbocycles. The van der Waals surface area contributed by atoms with Gasteiger partial charge in [0.05, 0.1) is 10.5 Å². The van der Waals surface area contributed by atoms with Gasteiger partial charge in [-0.15, -0.1) is 0 Å². The van der Waals surface area contributed by atoms with Crippen LogP contribution in [0.1, 0.15) is 31.1 Å². The number of nitrogens with one attached hydrogen (secondary N) is 1. The quantitative estimate of drug-likeness (QED) is 0.880. The molecule has 1 N–H and O–H groups in total. The van der Waals surface area contributed by atoms with Crippen molar-refractivity contribution in [3.05, 3.63) is 23.9 Å². The molecule has 0 fully saturated rings. The van der Waals surface area contributed by atoms with Gasteiger partial charge in [0.15, 0.2) is 9.84 Å². The number of aromatic nitrogens is 1. The topological polar surface area (TPSA) is 79.4 Å². The van der Waals surface area contributed by atoms with Crippen LogP contribution in [-0.4, -0.2) is 50.4 Å². The lowest BCUT2D eigenvalue weighted by atomic mass is 10.2. The maximum absolute atomic E-state index is 12.0. The van der Waals surface area contributed by atoms with Gasteiger partial charge in [0, 0.05) is 32.4 Å². The molecule has 1 aromatic rings. The number of amides is 1. The Morgan fingerprint density at radius 2 is 1.95 bits per heavy atom. The van der Waals surface area contributed by atoms with Crippen LogP contribution in [0.15, 0.2) is 18.3 Å². The van der Waals surface area contributed by atoms with Gasteiger partial charge < -0.3 is 10.2 Å². The Morgan fingerprint density at radius 1 is 1.33 bits per heavy atom. The maximum Gasteiger partial charge on any atom is 0.251 e. The van der Waals surface area contributed by atoms with Gasteiger partial charge >= 0.3 is 0 Å². The molecule has 0 saturated carbocycles. The Kier molecular flexibility index (Phi) is 5.33. The van der Waals surface area contributed by atoms with Crippen LogP contribution < -0.4 is 10.2 Å². The number of carbonyl (C=O) groups excluding carboxylic acids is 1. The molecule has 0 aliphatic heterocycles. The highest BCUT2D eigenvalue weighted by atomic mass is 32.2. The average molecular weight is 313 g/mol. The Bertz CT molecular complexity index is 604. The van der Waals surface area contributed by atoms with Crippen LogP contribution >= 0.6 is 0 Å². The molecule has 0 unspecified atom stereocenters. The van der Waals surface area contributed by atoms with Gasteiger partial charge in [-0.3, -0.25) is 4.79 Å². The summed E-state index contributed by atoms with van der Waals surface area (Å²) in [6.07, 6.45) is 1.55. The minimum Gasteiger partial charge on any atom is -0.363 e. The molecule has 0 saturated heterocycles. The first-order valence-corrected chi connectivity index (χ1v) is 8.34. The molecule has 0 spiro atoms. The number of anilines is 1. The molecule has 21 heavy (non-hydrogen) atoms. The van der Waals surface area contributed by atoms with E-state index < -0.39 is 14.6 Å². The molecule has 0 radical (unpaired) electrons. The number of hydrogen-bond donors (Lipinski definition) is 1. The highest BCUT2D eigenvalue weighted by Crippen LogP contribution is 2.15. The van der Waals surface area contributed by atoms with E-state index in [0.717, 1.165) is 0 Å². The highest BCUT2D eigenvalue weighted by Gasteiger charge is 2.28. The molecule has 0 aliphatic rings. The van der Waals surface area contributed by atoms with Gasteiger partial charge in [0.25, 0.3) is 5.91 Å². The van der Waals surface area contributed by atoms with Crippen molar-refractivity contribution in [1.82, 2.24) is 10.3 Å². The van der Waals surface area contributed by atoms with Crippen molar-refractivity contribution in [2.75, 3.05) is 31.3 Å². The molecule has 6 nitrogen and oxygen atoms in total. The summed E-state index contributed by atoms with van der Waals surface area (Å²) < 4.78 is 23.1. The van der Waals surface area contributed by atoms with E-state index in [1.165, 1.54) is 0 Å². The van der Waals surface area contributed by atoms with Crippen LogP contribution in [0, 0.1) is 0 Å². The summed E-state index contributed by atoms with van der Waals surface area (Å²) in [7, 11) is 0.434. The Hall–Kier alpha value is -1.63. The van der Waals surface area contributed by atoms with Gasteiger partial charge in [0.1, 0.15) is 5.82 Å². The monoisotopic (exact) mass is 313 g/mol. The molecular formula is C14H23N3O3S. The first kappa shape index (κ1) is 17.4. The summed E-state index contributed by atoms with van der Waals surface area (Å²) in [5.41, 5.74) is 0.460. The van der Waals surface area contributed by atoms with Crippen molar-refractivity contribution in [2.45, 2.75) is 25.5 Å². The molecule has 1 rings (SSSR count). The standard InChI is InChI=1S/C14H23N3O3S/c1-14(2,3)21(19,20)9-8-16-13(18)11-6-7-15-12(10-11)17(4)5/h6-7,10H,8-9H2,1-5H3,(H,16,18). The van der Waals surface area contributed by atoms with E-state index in [4.69, 9.17) is 0 Å². The van der Waals surface area contributed by atoms with Crippen LogP contribution in [0.4, 0.5) is 5.82 Å². The normalized spacial score (nSPS) is 12.0. The van der Waals surface area contributed by atoms with Crippen molar-refractivity contribution in [2.24, 2.45) is 0 Å². The average Bonchev–Trinajstić information content (AvgIpc) is 2.37. The largest absolute Gasteiger partial charge is 0.363 e. The minimum absolute atomic E-state index is 0.0755. The number of hydrogen-bond acceptors (Lipinski definition) is 5. The molecular weight excluding hydrogens is 290 g/mol. The van der Waals surface area contributed by atoms with Crippen molar-refractivity contribution in [3.63, 3.8) is 0 Å². The number of carbonyl (C=O) groups is 1. The predicted molar refractivity (Wildman–Crippen MR) is 84.4 cm³/mol. The number of nitrogens with zero attached hydrogens (tertiary/aromatic N) is 2. The van der Waals surface area contributed by atoms with Crippen molar-refractivity contribution in [3.8, 4) is 0 Å². The van der Waals surface area contributed by atoms with E-state index in [1.807, 2.05) is 14.1 Å². The van der Waals surface area contributed by atoms with Gasteiger partial charge in [-0.1, -0.05) is 0 Å². The zero-order valence-corrected chi connectivity index (χ0v) is 14.0. The molecule has 1 heterocycles. The van der Waals surface area contributed by atoms with Crippen LogP contribution in [0.2, 0.25) is 0 Å². The highest BCUT2D eigenvalue weighted by molar-refractivity contribution is 7.92. The van der Waals surface area contributed by atoms with Crippen molar-refractivity contribution < 1.29 is 13.2 Å². The number of pyridine rings is 1. The van der Waals surface area contributed by atoms with Gasteiger partial charge in [-0.25, -0.2) is 13.4 Å². The van der Waals surface area contributed by atoms with Gasteiger partial charge in [0.2, 0.25) is 0 Å². The summed E-state index contributed by atoms with van der Waals surface area (Å²) in [5.74, 6) is 0.294. The second kappa shape index (κ2) is 6.43. The SMILES string of the molecule is CN(C)c1cc(C(=O)NCCS(=O)(=O)C(C)(C)C)ccn1. The fourth-order valence-electron chi connectivity index (χ4n) is 1.51. The predicted octanol–water partition coefficient (Wildman–Crippen LogP) is 1.09. The van der Waals surface area contributed by atoms with Crippen molar-refractivity contribution >= 4 is 21.6 Å². The summed E-state index contributed by atoms with van der Waals surface area (Å²) >= 11 is 0. The number of sulfone groups is 1. The maximum atomic E-state index is 12.0. The van der Waals surface area contributed by atoms with E-state index in [9.17, 15) is 13.2 Å². The zero-order valence-electron chi connectivity index (χ0n) is 13.2. The van der Waals surface area contributed by atoms with E-state index in [-0.39, 0.29) is 18.2 Å². The minimum atomic E-state index is -3.23. The Labute approximate surface area is 126 Å². The lowest BCUT2D eigenvalue weighted by Gasteiger charge is -2.19. The van der Waals surface area contributed by atoms with E-state index in [2.05, 4.69) is 10.3 Å². The fourth-order valence-corrected chi connectivity index (χ4v) is 2.49. The first-order valence-electron chi connectivity index (χ1n) is 6.68. The first-order chi connectivity index (χ1) is 9.54. The number of rotatable bonds is 5. The molecule has 118 valence electrons. The van der Waals surface area contributed by atoms with E-state index >= 15 is 0 Å². The van der Waals surface area contributed by atoms with Crippen LogP contribution in [0.3, 0.4) is 0 Å². The molecule has 1 amide bonds. The summed E-state index contributed by atoms with van der Waals surface area (Å²) in [4.78, 5) is 17.9. The second-order valence-electron chi connectivity index (χ2n) is 5.98. The summed E-state index contributed by atoms with van der Waals surface area (Å²) in [5, 5.41) is 2.63. The Balaban J connectivity index is 2.65. The second-order valence-corrected chi connectivity index (χ2v) is 8.85. The van der Waals surface area contributed by atoms with Crippen LogP contribution in [0.25, 0.3) is 0 Å². The molecule has 0 bridgehead atoms. The van der Waals surface area contributed by atoms with E-state index in [1.54, 1.807) is 44.0 Å². The zero-order chi connectivity index (χ0) is 16.3. The lowest BCUT2D eigenvalue weighted by Crippen LogP contribution is -2.36. The van der Waals surface area contributed by atoms with E-state index in [0.29, 0.717) is 11.4 Å². The van der Waals surface area contributed by atoms with Gasteiger partial charge in [-0.05, 0) is 32.9 Å². The molecule has 7 heteroatoms. The van der Waals surface area contributed by atoms with Crippen LogP contribution in [0.5, 0.6) is 0 Å². The molecule has 1 aromatic heterocycles. The lowest BCUT2D eigenvalue weighted by molar-refractivity contribution is 0.0956. The molecule has 0 atom stereocenters. The summed E-state index contributed by atoms with van der Waals surface area (Å²) in [6.45, 7) is 5.04. The third-order valence-electron chi connectivity index (χ3n) is 3.06. The van der Waals surface area contributed by atoms with Gasteiger partial charge in [-0.2, -0.15) is 0 Å². The third kappa shape index (κ3) is 4.70. The Morgan fingerprint density at radius 3 is 2.48 bits per heavy atom. The third-order valence-corrected chi connectivity index (χ3v) is 5.66. The smallest absolute Gasteiger partial charge is 0.251 e. The fraction of sp³-hybridized carbons (Fsp3) is 0.571. The van der Waals surface area contributed by atoms with Crippen LogP contribution in [-0.2, 0) is 9.84 Å². The summed E-state index contributed by atoms with van der Waals surface area (Å²) in [6, 6.07) is 3.26.